The molecule has 0 radical (unpaired) electrons. The average molecular weight is 210 g/mol. The normalized spacial score (nSPS) is 19.0. The first-order valence-corrected chi connectivity index (χ1v) is 5.66. The van der Waals surface area contributed by atoms with Gasteiger partial charge >= 0.3 is 0 Å². The molecule has 0 amide bonds. The molecular formula is C11H14O2S. The van der Waals surface area contributed by atoms with Gasteiger partial charge in [-0.25, -0.2) is 0 Å². The molecule has 0 spiro atoms. The highest BCUT2D eigenvalue weighted by atomic mass is 32.1. The highest BCUT2D eigenvalue weighted by molar-refractivity contribution is 7.14. The Morgan fingerprint density at radius 2 is 2.21 bits per heavy atom. The van der Waals surface area contributed by atoms with Gasteiger partial charge in [0.1, 0.15) is 5.60 Å². The summed E-state index contributed by atoms with van der Waals surface area (Å²) in [6.45, 7) is 2.02. The van der Waals surface area contributed by atoms with Gasteiger partial charge < -0.3 is 4.74 Å². The number of hydrogen-bond acceptors (Lipinski definition) is 3. The highest BCUT2D eigenvalue weighted by Gasteiger charge is 2.45. The second-order valence-corrected chi connectivity index (χ2v) is 5.08. The molecule has 1 saturated carbocycles. The van der Waals surface area contributed by atoms with Crippen LogP contribution in [0.15, 0.2) is 12.1 Å². The van der Waals surface area contributed by atoms with Crippen molar-refractivity contribution in [2.24, 2.45) is 0 Å². The summed E-state index contributed by atoms with van der Waals surface area (Å²) >= 11 is 1.56. The van der Waals surface area contributed by atoms with E-state index in [2.05, 4.69) is 0 Å². The van der Waals surface area contributed by atoms with Gasteiger partial charge in [-0.15, -0.1) is 11.3 Å². The summed E-state index contributed by atoms with van der Waals surface area (Å²) in [6, 6.07) is 3.89. The number of hydrogen-bond donors (Lipinski definition) is 0. The lowest BCUT2D eigenvalue weighted by Gasteiger charge is -2.38. The van der Waals surface area contributed by atoms with Crippen molar-refractivity contribution in [2.45, 2.75) is 31.8 Å². The molecule has 3 heteroatoms. The molecule has 0 saturated heterocycles. The molecule has 1 aromatic heterocycles. The van der Waals surface area contributed by atoms with E-state index in [1.807, 2.05) is 19.1 Å². The lowest BCUT2D eigenvalue weighted by Crippen LogP contribution is -2.46. The van der Waals surface area contributed by atoms with Crippen molar-refractivity contribution in [1.82, 2.24) is 0 Å². The van der Waals surface area contributed by atoms with E-state index in [9.17, 15) is 4.79 Å². The first kappa shape index (κ1) is 9.87. The van der Waals surface area contributed by atoms with Gasteiger partial charge in [-0.1, -0.05) is 0 Å². The first-order valence-electron chi connectivity index (χ1n) is 4.84. The number of thiophene rings is 1. The predicted molar refractivity (Wildman–Crippen MR) is 57.0 cm³/mol. The molecule has 1 fully saturated rings. The summed E-state index contributed by atoms with van der Waals surface area (Å²) in [7, 11) is 1.64. The lowest BCUT2D eigenvalue weighted by molar-refractivity contribution is -0.0445. The van der Waals surface area contributed by atoms with Gasteiger partial charge in [0.05, 0.1) is 4.88 Å². The van der Waals surface area contributed by atoms with Crippen LogP contribution in [0.25, 0.3) is 0 Å². The van der Waals surface area contributed by atoms with E-state index in [0.29, 0.717) is 0 Å². The number of ketones is 1. The molecule has 1 aromatic rings. The van der Waals surface area contributed by atoms with Crippen molar-refractivity contribution in [3.8, 4) is 0 Å². The monoisotopic (exact) mass is 210 g/mol. The van der Waals surface area contributed by atoms with Crippen LogP contribution in [0, 0.1) is 6.92 Å². The Hall–Kier alpha value is -0.670. The van der Waals surface area contributed by atoms with E-state index < -0.39 is 5.60 Å². The van der Waals surface area contributed by atoms with Crippen LogP contribution < -0.4 is 0 Å². The maximum atomic E-state index is 12.1. The van der Waals surface area contributed by atoms with E-state index in [4.69, 9.17) is 4.74 Å². The fourth-order valence-corrected chi connectivity index (χ4v) is 2.70. The fourth-order valence-electron chi connectivity index (χ4n) is 1.80. The van der Waals surface area contributed by atoms with Crippen LogP contribution in [0.1, 0.15) is 33.8 Å². The number of ether oxygens (including phenoxy) is 1. The molecular weight excluding hydrogens is 196 g/mol. The molecule has 1 aliphatic rings. The van der Waals surface area contributed by atoms with Crippen molar-refractivity contribution >= 4 is 17.1 Å². The van der Waals surface area contributed by atoms with Crippen LogP contribution in [0.3, 0.4) is 0 Å². The molecule has 0 bridgehead atoms. The van der Waals surface area contributed by atoms with Gasteiger partial charge in [0.15, 0.2) is 0 Å². The summed E-state index contributed by atoms with van der Waals surface area (Å²) in [5, 5.41) is 0. The van der Waals surface area contributed by atoms with Crippen molar-refractivity contribution < 1.29 is 9.53 Å². The third-order valence-corrected chi connectivity index (χ3v) is 3.93. The fraction of sp³-hybridized carbons (Fsp3) is 0.545. The third-order valence-electron chi connectivity index (χ3n) is 2.93. The predicted octanol–water partition coefficient (Wildman–Crippen LogP) is 2.81. The highest BCUT2D eigenvalue weighted by Crippen LogP contribution is 2.39. The zero-order valence-electron chi connectivity index (χ0n) is 8.50. The van der Waals surface area contributed by atoms with Crippen molar-refractivity contribution in [3.05, 3.63) is 21.9 Å². The molecule has 1 heterocycles. The zero-order chi connectivity index (χ0) is 10.2. The van der Waals surface area contributed by atoms with Crippen LogP contribution in [-0.2, 0) is 4.74 Å². The topological polar surface area (TPSA) is 26.3 Å². The first-order chi connectivity index (χ1) is 6.68. The minimum Gasteiger partial charge on any atom is -0.370 e. The quantitative estimate of drug-likeness (QED) is 0.717. The van der Waals surface area contributed by atoms with Crippen LogP contribution in [0.2, 0.25) is 0 Å². The summed E-state index contributed by atoms with van der Waals surface area (Å²) in [5.74, 6) is 0.171. The van der Waals surface area contributed by atoms with E-state index in [-0.39, 0.29) is 5.78 Å². The summed E-state index contributed by atoms with van der Waals surface area (Å²) in [6.07, 6.45) is 2.85. The molecule has 0 atom stereocenters. The van der Waals surface area contributed by atoms with Crippen LogP contribution in [0.4, 0.5) is 0 Å². The van der Waals surface area contributed by atoms with Crippen molar-refractivity contribution in [3.63, 3.8) is 0 Å². The second-order valence-electron chi connectivity index (χ2n) is 3.79. The number of rotatable bonds is 3. The van der Waals surface area contributed by atoms with Gasteiger partial charge in [-0.2, -0.15) is 0 Å². The van der Waals surface area contributed by atoms with Gasteiger partial charge in [0.2, 0.25) is 5.78 Å². The Morgan fingerprint density at radius 1 is 1.50 bits per heavy atom. The van der Waals surface area contributed by atoms with Gasteiger partial charge in [-0.05, 0) is 38.3 Å². The standard InChI is InChI=1S/C11H14O2S/c1-8-4-5-9(14-8)10(12)11(13-2)6-3-7-11/h4-5H,3,6-7H2,1-2H3. The van der Waals surface area contributed by atoms with Gasteiger partial charge in [0, 0.05) is 12.0 Å². The van der Waals surface area contributed by atoms with E-state index in [0.717, 1.165) is 24.1 Å². The molecule has 0 unspecified atom stereocenters. The summed E-state index contributed by atoms with van der Waals surface area (Å²) < 4.78 is 5.36. The van der Waals surface area contributed by atoms with Gasteiger partial charge in [0.25, 0.3) is 0 Å². The molecule has 76 valence electrons. The number of carbonyl (C=O) groups is 1. The Bertz CT molecular complexity index is 344. The molecule has 14 heavy (non-hydrogen) atoms. The van der Waals surface area contributed by atoms with Crippen molar-refractivity contribution in [1.29, 1.82) is 0 Å². The Balaban J connectivity index is 2.23. The SMILES string of the molecule is COC1(C(=O)c2ccc(C)s2)CCC1. The van der Waals surface area contributed by atoms with E-state index >= 15 is 0 Å². The molecule has 0 aliphatic heterocycles. The number of aryl methyl sites for hydroxylation is 1. The van der Waals surface area contributed by atoms with Crippen molar-refractivity contribution in [2.75, 3.05) is 7.11 Å². The van der Waals surface area contributed by atoms with Crippen LogP contribution in [-0.4, -0.2) is 18.5 Å². The maximum Gasteiger partial charge on any atom is 0.204 e. The van der Waals surface area contributed by atoms with Crippen LogP contribution in [0.5, 0.6) is 0 Å². The largest absolute Gasteiger partial charge is 0.370 e. The second kappa shape index (κ2) is 3.48. The van der Waals surface area contributed by atoms with Crippen LogP contribution >= 0.6 is 11.3 Å². The van der Waals surface area contributed by atoms with E-state index in [1.165, 1.54) is 4.88 Å². The average Bonchev–Trinajstić information content (AvgIpc) is 2.50. The Labute approximate surface area is 87.9 Å². The van der Waals surface area contributed by atoms with E-state index in [1.54, 1.807) is 18.4 Å². The number of methoxy groups -OCH3 is 1. The zero-order valence-corrected chi connectivity index (χ0v) is 9.32. The Morgan fingerprint density at radius 3 is 2.57 bits per heavy atom. The minimum atomic E-state index is -0.489. The number of carbonyl (C=O) groups excluding carboxylic acids is 1. The third kappa shape index (κ3) is 1.41. The molecule has 2 rings (SSSR count). The summed E-state index contributed by atoms with van der Waals surface area (Å²) in [5.41, 5.74) is -0.489. The molecule has 1 aliphatic carbocycles. The minimum absolute atomic E-state index is 0.171. The lowest BCUT2D eigenvalue weighted by atomic mass is 9.76. The van der Waals surface area contributed by atoms with Gasteiger partial charge in [-0.3, -0.25) is 4.79 Å². The smallest absolute Gasteiger partial charge is 0.204 e. The maximum absolute atomic E-state index is 12.1. The molecule has 0 N–H and O–H groups in total. The molecule has 0 aromatic carbocycles. The number of Topliss-reactive ketones (excluding diaryl/α,β-unsaturated/α-hetero) is 1. The Kier molecular flexibility index (Phi) is 2.45. The summed E-state index contributed by atoms with van der Waals surface area (Å²) in [4.78, 5) is 14.1. The molecule has 2 nitrogen and oxygen atoms in total.